The molecular formula is C14H24S. The smallest absolute Gasteiger partial charge is 0.00491 e. The number of hydrogen-bond acceptors (Lipinski definition) is 1. The van der Waals surface area contributed by atoms with E-state index >= 15 is 0 Å². The lowest BCUT2D eigenvalue weighted by molar-refractivity contribution is 0.449. The predicted octanol–water partition coefficient (Wildman–Crippen LogP) is 5.12. The molecule has 15 heavy (non-hydrogen) atoms. The summed E-state index contributed by atoms with van der Waals surface area (Å²) < 4.78 is 0. The summed E-state index contributed by atoms with van der Waals surface area (Å²) in [7, 11) is 0. The summed E-state index contributed by atoms with van der Waals surface area (Å²) in [5, 5.41) is 0. The summed E-state index contributed by atoms with van der Waals surface area (Å²) >= 11 is 1.95. The van der Waals surface area contributed by atoms with Gasteiger partial charge in [0.15, 0.2) is 0 Å². The molecule has 1 heterocycles. The van der Waals surface area contributed by atoms with Crippen molar-refractivity contribution in [3.05, 3.63) is 21.4 Å². The van der Waals surface area contributed by atoms with E-state index in [-0.39, 0.29) is 0 Å². The summed E-state index contributed by atoms with van der Waals surface area (Å²) in [4.78, 5) is 3.00. The fourth-order valence-electron chi connectivity index (χ4n) is 2.14. The molecule has 1 atom stereocenters. The molecule has 0 aliphatic rings. The van der Waals surface area contributed by atoms with Gasteiger partial charge in [0.25, 0.3) is 0 Å². The Hall–Kier alpha value is -0.300. The largest absolute Gasteiger partial charge is 0.146 e. The first-order chi connectivity index (χ1) is 7.17. The molecule has 1 heteroatoms. The van der Waals surface area contributed by atoms with Crippen molar-refractivity contribution < 1.29 is 0 Å². The van der Waals surface area contributed by atoms with Crippen LogP contribution in [-0.4, -0.2) is 0 Å². The molecule has 0 radical (unpaired) electrons. The molecule has 0 fully saturated rings. The first kappa shape index (κ1) is 12.8. The van der Waals surface area contributed by atoms with E-state index in [9.17, 15) is 0 Å². The van der Waals surface area contributed by atoms with Crippen LogP contribution in [0.25, 0.3) is 0 Å². The van der Waals surface area contributed by atoms with E-state index in [0.717, 1.165) is 5.92 Å². The quantitative estimate of drug-likeness (QED) is 0.629. The average Bonchev–Trinajstić information content (AvgIpc) is 2.52. The molecule has 0 aromatic carbocycles. The van der Waals surface area contributed by atoms with Crippen LogP contribution in [0.5, 0.6) is 0 Å². The highest BCUT2D eigenvalue weighted by atomic mass is 32.1. The highest BCUT2D eigenvalue weighted by Gasteiger charge is 2.10. The minimum atomic E-state index is 0.901. The number of rotatable bonds is 6. The van der Waals surface area contributed by atoms with Gasteiger partial charge in [-0.1, -0.05) is 39.5 Å². The second kappa shape index (κ2) is 6.32. The van der Waals surface area contributed by atoms with Crippen molar-refractivity contribution in [3.8, 4) is 0 Å². The highest BCUT2D eigenvalue weighted by Crippen LogP contribution is 2.26. The second-order valence-electron chi connectivity index (χ2n) is 4.56. The van der Waals surface area contributed by atoms with Gasteiger partial charge >= 0.3 is 0 Å². The Morgan fingerprint density at radius 3 is 2.47 bits per heavy atom. The van der Waals surface area contributed by atoms with Crippen LogP contribution in [0.3, 0.4) is 0 Å². The molecule has 0 saturated heterocycles. The van der Waals surface area contributed by atoms with E-state index in [1.165, 1.54) is 41.9 Å². The number of hydrogen-bond donors (Lipinski definition) is 0. The SMILES string of the molecule is CCCCC(CC)Cc1cc(C)sc1C. The van der Waals surface area contributed by atoms with Crippen molar-refractivity contribution in [1.82, 2.24) is 0 Å². The Morgan fingerprint density at radius 1 is 1.27 bits per heavy atom. The lowest BCUT2D eigenvalue weighted by atomic mass is 9.92. The van der Waals surface area contributed by atoms with E-state index in [2.05, 4.69) is 33.8 Å². The first-order valence-corrected chi connectivity index (χ1v) is 7.04. The Kier molecular flexibility index (Phi) is 5.38. The van der Waals surface area contributed by atoms with Gasteiger partial charge in [-0.25, -0.2) is 0 Å². The van der Waals surface area contributed by atoms with Crippen molar-refractivity contribution in [2.45, 2.75) is 59.8 Å². The molecular weight excluding hydrogens is 200 g/mol. The zero-order valence-corrected chi connectivity index (χ0v) is 11.4. The Bertz CT molecular complexity index is 286. The molecule has 0 amide bonds. The molecule has 1 aromatic rings. The first-order valence-electron chi connectivity index (χ1n) is 6.23. The van der Waals surface area contributed by atoms with Gasteiger partial charge in [0.1, 0.15) is 0 Å². The van der Waals surface area contributed by atoms with Crippen LogP contribution in [0.4, 0.5) is 0 Å². The molecule has 0 spiro atoms. The van der Waals surface area contributed by atoms with Crippen molar-refractivity contribution in [2.24, 2.45) is 5.92 Å². The third kappa shape index (κ3) is 3.98. The molecule has 0 N–H and O–H groups in total. The Balaban J connectivity index is 2.54. The zero-order valence-electron chi connectivity index (χ0n) is 10.6. The van der Waals surface area contributed by atoms with Crippen molar-refractivity contribution in [3.63, 3.8) is 0 Å². The van der Waals surface area contributed by atoms with E-state index in [0.29, 0.717) is 0 Å². The molecule has 0 aliphatic carbocycles. The minimum absolute atomic E-state index is 0.901. The van der Waals surface area contributed by atoms with E-state index in [4.69, 9.17) is 0 Å². The topological polar surface area (TPSA) is 0 Å². The van der Waals surface area contributed by atoms with Gasteiger partial charge in [0.05, 0.1) is 0 Å². The second-order valence-corrected chi connectivity index (χ2v) is 6.02. The Labute approximate surface area is 98.7 Å². The minimum Gasteiger partial charge on any atom is -0.146 e. The lowest BCUT2D eigenvalue weighted by Crippen LogP contribution is -2.03. The molecule has 1 unspecified atom stereocenters. The van der Waals surface area contributed by atoms with Crippen LogP contribution in [0.1, 0.15) is 54.8 Å². The third-order valence-electron chi connectivity index (χ3n) is 3.20. The summed E-state index contributed by atoms with van der Waals surface area (Å²) in [5.74, 6) is 0.901. The lowest BCUT2D eigenvalue weighted by Gasteiger charge is -2.13. The van der Waals surface area contributed by atoms with Crippen LogP contribution in [-0.2, 0) is 6.42 Å². The number of thiophene rings is 1. The zero-order chi connectivity index (χ0) is 11.3. The normalized spacial score (nSPS) is 13.1. The summed E-state index contributed by atoms with van der Waals surface area (Å²) in [6, 6.07) is 2.38. The van der Waals surface area contributed by atoms with Crippen LogP contribution >= 0.6 is 11.3 Å². The van der Waals surface area contributed by atoms with Gasteiger partial charge in [-0.2, -0.15) is 0 Å². The predicted molar refractivity (Wildman–Crippen MR) is 70.8 cm³/mol. The van der Waals surface area contributed by atoms with Gasteiger partial charge in [0, 0.05) is 9.75 Å². The molecule has 1 aromatic heterocycles. The van der Waals surface area contributed by atoms with Crippen molar-refractivity contribution in [1.29, 1.82) is 0 Å². The van der Waals surface area contributed by atoms with Gasteiger partial charge in [-0.15, -0.1) is 11.3 Å². The maximum Gasteiger partial charge on any atom is 0.00491 e. The molecule has 0 aliphatic heterocycles. The molecule has 1 rings (SSSR count). The van der Waals surface area contributed by atoms with Crippen LogP contribution in [0.2, 0.25) is 0 Å². The van der Waals surface area contributed by atoms with Gasteiger partial charge in [0.2, 0.25) is 0 Å². The maximum absolute atomic E-state index is 2.38. The van der Waals surface area contributed by atoms with Crippen LogP contribution in [0.15, 0.2) is 6.07 Å². The van der Waals surface area contributed by atoms with Gasteiger partial charge in [-0.3, -0.25) is 0 Å². The van der Waals surface area contributed by atoms with E-state index in [1.54, 1.807) is 5.56 Å². The molecule has 0 bridgehead atoms. The number of unbranched alkanes of at least 4 members (excludes halogenated alkanes) is 1. The summed E-state index contributed by atoms with van der Waals surface area (Å²) in [6.07, 6.45) is 6.75. The van der Waals surface area contributed by atoms with Gasteiger partial charge < -0.3 is 0 Å². The molecule has 0 nitrogen and oxygen atoms in total. The summed E-state index contributed by atoms with van der Waals surface area (Å²) in [6.45, 7) is 9.09. The molecule has 0 saturated carbocycles. The fraction of sp³-hybridized carbons (Fsp3) is 0.714. The maximum atomic E-state index is 2.38. The van der Waals surface area contributed by atoms with E-state index in [1.807, 2.05) is 11.3 Å². The average molecular weight is 224 g/mol. The van der Waals surface area contributed by atoms with Crippen LogP contribution < -0.4 is 0 Å². The monoisotopic (exact) mass is 224 g/mol. The van der Waals surface area contributed by atoms with Gasteiger partial charge in [-0.05, 0) is 37.8 Å². The highest BCUT2D eigenvalue weighted by molar-refractivity contribution is 7.12. The van der Waals surface area contributed by atoms with Crippen molar-refractivity contribution >= 4 is 11.3 Å². The van der Waals surface area contributed by atoms with Crippen LogP contribution in [0, 0.1) is 19.8 Å². The van der Waals surface area contributed by atoms with E-state index < -0.39 is 0 Å². The Morgan fingerprint density at radius 2 is 2.00 bits per heavy atom. The fourth-order valence-corrected chi connectivity index (χ4v) is 3.10. The summed E-state index contributed by atoms with van der Waals surface area (Å²) in [5.41, 5.74) is 1.60. The number of aryl methyl sites for hydroxylation is 2. The standard InChI is InChI=1S/C14H24S/c1-5-7-8-13(6-2)10-14-9-11(3)15-12(14)4/h9,13H,5-8,10H2,1-4H3. The van der Waals surface area contributed by atoms with Crippen molar-refractivity contribution in [2.75, 3.05) is 0 Å². The third-order valence-corrected chi connectivity index (χ3v) is 4.20. The molecule has 86 valence electrons.